The molecule has 2 fully saturated rings. The molecule has 0 saturated heterocycles. The standard InChI is InChI=1S/C32H28Cl2F2N2O8/c33-22-12-37(42)13-23(34)21(22)11-26(19-8-9-24(46-32(35)36)27(10-19)44-16-18-6-7-18)45-28(39)14-38-30(40)20-2-1-3-25(29(20)31(38)41)43-15-17-4-5-17/h1-3,8-10,12-13,17-18,26,32H,4-7,11,14-16H2/t26-/m0/s1. The van der Waals surface area contributed by atoms with Gasteiger partial charge in [-0.05, 0) is 67.3 Å². The van der Waals surface area contributed by atoms with Gasteiger partial charge in [0.05, 0.1) is 24.3 Å². The number of pyridine rings is 1. The van der Waals surface area contributed by atoms with Crippen LogP contribution in [0.25, 0.3) is 0 Å². The number of carbonyl (C=O) groups excluding carboxylic acids is 3. The molecular weight excluding hydrogens is 649 g/mol. The number of benzene rings is 2. The van der Waals surface area contributed by atoms with Crippen LogP contribution < -0.4 is 18.9 Å². The molecule has 3 aliphatic rings. The van der Waals surface area contributed by atoms with Gasteiger partial charge in [0.25, 0.3) is 11.8 Å². The van der Waals surface area contributed by atoms with E-state index in [9.17, 15) is 28.4 Å². The fraction of sp³-hybridized carbons (Fsp3) is 0.375. The molecule has 0 bridgehead atoms. The smallest absolute Gasteiger partial charge is 0.387 e. The summed E-state index contributed by atoms with van der Waals surface area (Å²) in [5.41, 5.74) is 0.756. The average molecular weight is 677 g/mol. The van der Waals surface area contributed by atoms with Crippen LogP contribution in [-0.2, 0) is 16.0 Å². The van der Waals surface area contributed by atoms with Crippen molar-refractivity contribution in [1.82, 2.24) is 4.90 Å². The van der Waals surface area contributed by atoms with Crippen LogP contribution in [-0.4, -0.2) is 49.1 Å². The highest BCUT2D eigenvalue weighted by atomic mass is 35.5. The van der Waals surface area contributed by atoms with E-state index < -0.39 is 37.0 Å². The number of nitrogens with zero attached hydrogens (tertiary/aromatic N) is 2. The summed E-state index contributed by atoms with van der Waals surface area (Å²) in [5, 5.41) is 11.8. The molecule has 0 unspecified atom stereocenters. The first-order chi connectivity index (χ1) is 22.1. The lowest BCUT2D eigenvalue weighted by atomic mass is 10.0. The Morgan fingerprint density at radius 2 is 1.59 bits per heavy atom. The number of hydrogen-bond donors (Lipinski definition) is 0. The first kappa shape index (κ1) is 31.8. The maximum absolute atomic E-state index is 13.4. The number of esters is 1. The molecule has 6 rings (SSSR count). The number of rotatable bonds is 14. The van der Waals surface area contributed by atoms with Crippen molar-refractivity contribution in [3.05, 3.63) is 86.3 Å². The second-order valence-corrected chi connectivity index (χ2v) is 12.3. The molecule has 2 amide bonds. The Bertz CT molecular complexity index is 1660. The minimum atomic E-state index is -3.11. The minimum Gasteiger partial charge on any atom is -0.619 e. The quantitative estimate of drug-likeness (QED) is 0.0893. The van der Waals surface area contributed by atoms with E-state index >= 15 is 0 Å². The molecule has 3 aromatic rings. The monoisotopic (exact) mass is 676 g/mol. The van der Waals surface area contributed by atoms with Crippen molar-refractivity contribution >= 4 is 41.0 Å². The number of aromatic nitrogens is 1. The molecule has 2 heterocycles. The largest absolute Gasteiger partial charge is 0.619 e. The number of carbonyl (C=O) groups is 3. The molecule has 0 spiro atoms. The van der Waals surface area contributed by atoms with E-state index in [1.54, 1.807) is 12.1 Å². The lowest BCUT2D eigenvalue weighted by Gasteiger charge is -2.22. The molecule has 46 heavy (non-hydrogen) atoms. The first-order valence-electron chi connectivity index (χ1n) is 14.7. The number of amides is 2. The maximum Gasteiger partial charge on any atom is 0.387 e. The Balaban J connectivity index is 1.25. The van der Waals surface area contributed by atoms with Gasteiger partial charge in [-0.1, -0.05) is 35.3 Å². The van der Waals surface area contributed by atoms with Crippen LogP contribution >= 0.6 is 23.2 Å². The number of fused-ring (bicyclic) bond motifs is 1. The van der Waals surface area contributed by atoms with E-state index in [4.69, 9.17) is 37.4 Å². The van der Waals surface area contributed by atoms with Gasteiger partial charge in [0.1, 0.15) is 28.4 Å². The van der Waals surface area contributed by atoms with Crippen molar-refractivity contribution < 1.29 is 46.8 Å². The molecule has 14 heteroatoms. The normalized spacial score (nSPS) is 16.4. The van der Waals surface area contributed by atoms with Crippen LogP contribution in [0.1, 0.15) is 63.6 Å². The van der Waals surface area contributed by atoms with Gasteiger partial charge >= 0.3 is 12.6 Å². The van der Waals surface area contributed by atoms with E-state index in [-0.39, 0.29) is 62.9 Å². The zero-order chi connectivity index (χ0) is 32.5. The summed E-state index contributed by atoms with van der Waals surface area (Å²) in [6.07, 6.45) is 4.80. The summed E-state index contributed by atoms with van der Waals surface area (Å²) in [5.74, 6) is -1.56. The Morgan fingerprint density at radius 1 is 0.935 bits per heavy atom. The second-order valence-electron chi connectivity index (χ2n) is 11.4. The lowest BCUT2D eigenvalue weighted by Crippen LogP contribution is -2.36. The second kappa shape index (κ2) is 13.3. The van der Waals surface area contributed by atoms with Gasteiger partial charge in [0.2, 0.25) is 0 Å². The highest BCUT2D eigenvalue weighted by molar-refractivity contribution is 6.35. The molecular formula is C32H28Cl2F2N2O8. The number of hydrogen-bond acceptors (Lipinski definition) is 8. The van der Waals surface area contributed by atoms with Crippen molar-refractivity contribution in [2.24, 2.45) is 11.8 Å². The predicted molar refractivity (Wildman–Crippen MR) is 159 cm³/mol. The van der Waals surface area contributed by atoms with Gasteiger partial charge in [0.15, 0.2) is 23.9 Å². The molecule has 1 aromatic heterocycles. The summed E-state index contributed by atoms with van der Waals surface area (Å²) in [4.78, 5) is 40.7. The fourth-order valence-corrected chi connectivity index (χ4v) is 5.64. The molecule has 1 atom stereocenters. The third-order valence-corrected chi connectivity index (χ3v) is 8.52. The highest BCUT2D eigenvalue weighted by Gasteiger charge is 2.40. The molecule has 2 saturated carbocycles. The number of imide groups is 1. The van der Waals surface area contributed by atoms with E-state index in [0.29, 0.717) is 22.8 Å². The summed E-state index contributed by atoms with van der Waals surface area (Å²) >= 11 is 12.6. The number of ether oxygens (including phenoxy) is 4. The summed E-state index contributed by atoms with van der Waals surface area (Å²) < 4.78 is 48.7. The average Bonchev–Trinajstić information content (AvgIpc) is 3.94. The molecule has 2 aromatic carbocycles. The molecule has 0 radical (unpaired) electrons. The van der Waals surface area contributed by atoms with Crippen molar-refractivity contribution in [3.63, 3.8) is 0 Å². The van der Waals surface area contributed by atoms with Crippen LogP contribution in [0.2, 0.25) is 10.0 Å². The molecule has 10 nitrogen and oxygen atoms in total. The van der Waals surface area contributed by atoms with E-state index in [0.717, 1.165) is 43.0 Å². The van der Waals surface area contributed by atoms with Crippen LogP contribution in [0.15, 0.2) is 48.8 Å². The Labute approximate surface area is 272 Å². The zero-order valence-electron chi connectivity index (χ0n) is 24.3. The van der Waals surface area contributed by atoms with E-state index in [1.165, 1.54) is 24.3 Å². The molecule has 1 aliphatic heterocycles. The van der Waals surface area contributed by atoms with Gasteiger partial charge in [-0.15, -0.1) is 0 Å². The van der Waals surface area contributed by atoms with Crippen LogP contribution in [0.4, 0.5) is 8.78 Å². The predicted octanol–water partition coefficient (Wildman–Crippen LogP) is 5.93. The number of alkyl halides is 2. The minimum absolute atomic E-state index is 0.00693. The van der Waals surface area contributed by atoms with Crippen molar-refractivity contribution in [2.75, 3.05) is 19.8 Å². The number of halogens is 4. The van der Waals surface area contributed by atoms with Crippen LogP contribution in [0.3, 0.4) is 0 Å². The highest BCUT2D eigenvalue weighted by Crippen LogP contribution is 2.38. The van der Waals surface area contributed by atoms with Crippen molar-refractivity contribution in [1.29, 1.82) is 0 Å². The SMILES string of the molecule is O=C(CN1C(=O)c2cccc(OCC3CC3)c2C1=O)O[C@@H](Cc1c(Cl)c[n+]([O-])cc1Cl)c1ccc(OC(F)F)c(OCC2CC2)c1. The first-order valence-corrected chi connectivity index (χ1v) is 15.4. The Kier molecular flexibility index (Phi) is 9.19. The van der Waals surface area contributed by atoms with Gasteiger partial charge in [-0.25, -0.2) is 0 Å². The van der Waals surface area contributed by atoms with Gasteiger partial charge in [0, 0.05) is 12.0 Å². The molecule has 242 valence electrons. The molecule has 2 aliphatic carbocycles. The van der Waals surface area contributed by atoms with Gasteiger partial charge in [-0.2, -0.15) is 13.5 Å². The van der Waals surface area contributed by atoms with Crippen LogP contribution in [0.5, 0.6) is 17.2 Å². The van der Waals surface area contributed by atoms with E-state index in [2.05, 4.69) is 4.74 Å². The topological polar surface area (TPSA) is 118 Å². The molecule has 0 N–H and O–H groups in total. The zero-order valence-corrected chi connectivity index (χ0v) is 25.8. The summed E-state index contributed by atoms with van der Waals surface area (Å²) in [7, 11) is 0. The van der Waals surface area contributed by atoms with Crippen molar-refractivity contribution in [3.8, 4) is 17.2 Å². The fourth-order valence-electron chi connectivity index (χ4n) is 5.05. The third-order valence-electron chi connectivity index (χ3n) is 7.87. The lowest BCUT2D eigenvalue weighted by molar-refractivity contribution is -0.605. The van der Waals surface area contributed by atoms with E-state index in [1.807, 2.05) is 0 Å². The van der Waals surface area contributed by atoms with Crippen molar-refractivity contribution in [2.45, 2.75) is 44.8 Å². The maximum atomic E-state index is 13.4. The Hall–Kier alpha value is -4.16. The Morgan fingerprint density at radius 3 is 2.22 bits per heavy atom. The van der Waals surface area contributed by atoms with Crippen LogP contribution in [0, 0.1) is 17.0 Å². The third kappa shape index (κ3) is 7.28. The van der Waals surface area contributed by atoms with Gasteiger partial charge < -0.3 is 24.2 Å². The summed E-state index contributed by atoms with van der Waals surface area (Å²) in [6, 6.07) is 8.77. The summed E-state index contributed by atoms with van der Waals surface area (Å²) in [6.45, 7) is -3.13. The van der Waals surface area contributed by atoms with Gasteiger partial charge in [-0.3, -0.25) is 19.3 Å².